The first kappa shape index (κ1) is 12.8. The van der Waals surface area contributed by atoms with Gasteiger partial charge in [0.2, 0.25) is 21.5 Å². The van der Waals surface area contributed by atoms with E-state index in [2.05, 4.69) is 15.0 Å². The van der Waals surface area contributed by atoms with Gasteiger partial charge < -0.3 is 10.3 Å². The zero-order valence-corrected chi connectivity index (χ0v) is 10.3. The molecule has 0 aliphatic carbocycles. The van der Waals surface area contributed by atoms with Gasteiger partial charge >= 0.3 is 0 Å². The first-order valence-electron chi connectivity index (χ1n) is 5.48. The van der Waals surface area contributed by atoms with Crippen LogP contribution < -0.4 is 15.6 Å². The van der Waals surface area contributed by atoms with Crippen molar-refractivity contribution >= 4 is 15.9 Å². The van der Waals surface area contributed by atoms with E-state index < -0.39 is 16.1 Å². The summed E-state index contributed by atoms with van der Waals surface area (Å²) in [6, 6.07) is 1.56. The summed E-state index contributed by atoms with van der Waals surface area (Å²) in [5.41, 5.74) is -0.385. The number of aromatic nitrogens is 1. The maximum absolute atomic E-state index is 11.9. The highest BCUT2D eigenvalue weighted by Gasteiger charge is 2.27. The molecule has 1 fully saturated rings. The number of aromatic amines is 1. The average molecular weight is 271 g/mol. The van der Waals surface area contributed by atoms with E-state index in [1.807, 2.05) is 0 Å². The second-order valence-corrected chi connectivity index (χ2v) is 5.71. The minimum Gasteiger partial charge on any atom is -0.355 e. The first-order valence-corrected chi connectivity index (χ1v) is 6.96. The lowest BCUT2D eigenvalue weighted by Crippen LogP contribution is -2.50. The smallest absolute Gasteiger partial charge is 0.247 e. The van der Waals surface area contributed by atoms with Crippen LogP contribution in [0.2, 0.25) is 0 Å². The summed E-state index contributed by atoms with van der Waals surface area (Å²) in [5, 5.41) is 2.59. The SMILES string of the molecule is O=C1NCCCC1NS(=O)(=O)c1ccc(=O)[nH]c1. The highest BCUT2D eigenvalue weighted by Crippen LogP contribution is 2.09. The number of amides is 1. The van der Waals surface area contributed by atoms with Gasteiger partial charge in [-0.15, -0.1) is 0 Å². The molecular formula is C10H13N3O4S. The Morgan fingerprint density at radius 2 is 2.06 bits per heavy atom. The Balaban J connectivity index is 2.18. The quantitative estimate of drug-likeness (QED) is 0.650. The molecule has 1 aliphatic heterocycles. The third-order valence-corrected chi connectivity index (χ3v) is 4.12. The molecule has 18 heavy (non-hydrogen) atoms. The molecule has 98 valence electrons. The van der Waals surface area contributed by atoms with E-state index in [0.717, 1.165) is 18.7 Å². The van der Waals surface area contributed by atoms with Crippen molar-refractivity contribution in [2.24, 2.45) is 0 Å². The van der Waals surface area contributed by atoms with Crippen molar-refractivity contribution in [1.82, 2.24) is 15.0 Å². The van der Waals surface area contributed by atoms with E-state index in [1.54, 1.807) is 0 Å². The summed E-state index contributed by atoms with van der Waals surface area (Å²) in [7, 11) is -3.79. The van der Waals surface area contributed by atoms with Crippen LogP contribution in [-0.4, -0.2) is 31.9 Å². The third kappa shape index (κ3) is 2.77. The van der Waals surface area contributed by atoms with Gasteiger partial charge in [-0.2, -0.15) is 4.72 Å². The molecule has 7 nitrogen and oxygen atoms in total. The highest BCUT2D eigenvalue weighted by atomic mass is 32.2. The molecule has 1 aliphatic rings. The highest BCUT2D eigenvalue weighted by molar-refractivity contribution is 7.89. The van der Waals surface area contributed by atoms with Gasteiger partial charge in [-0.1, -0.05) is 0 Å². The molecule has 1 aromatic rings. The zero-order valence-electron chi connectivity index (χ0n) is 9.47. The van der Waals surface area contributed by atoms with Crippen LogP contribution in [0.3, 0.4) is 0 Å². The van der Waals surface area contributed by atoms with Crippen LogP contribution in [0.5, 0.6) is 0 Å². The fraction of sp³-hybridized carbons (Fsp3) is 0.400. The van der Waals surface area contributed by atoms with Gasteiger partial charge in [0.1, 0.15) is 6.04 Å². The zero-order chi connectivity index (χ0) is 13.2. The van der Waals surface area contributed by atoms with E-state index in [-0.39, 0.29) is 16.4 Å². The number of sulfonamides is 1. The number of nitrogens with one attached hydrogen (secondary N) is 3. The van der Waals surface area contributed by atoms with Gasteiger partial charge in [0, 0.05) is 18.8 Å². The molecule has 1 amide bonds. The van der Waals surface area contributed by atoms with Gasteiger partial charge in [-0.25, -0.2) is 8.42 Å². The Bertz CT molecular complexity index is 587. The molecular weight excluding hydrogens is 258 g/mol. The summed E-state index contributed by atoms with van der Waals surface area (Å²) in [4.78, 5) is 24.5. The largest absolute Gasteiger partial charge is 0.355 e. The summed E-state index contributed by atoms with van der Waals surface area (Å²) in [5.74, 6) is -0.325. The fourth-order valence-corrected chi connectivity index (χ4v) is 2.90. The summed E-state index contributed by atoms with van der Waals surface area (Å²) in [6.07, 6.45) is 2.30. The normalized spacial score (nSPS) is 20.4. The number of H-pyrrole nitrogens is 1. The van der Waals surface area contributed by atoms with E-state index in [4.69, 9.17) is 0 Å². The van der Waals surface area contributed by atoms with Crippen LogP contribution in [0.25, 0.3) is 0 Å². The van der Waals surface area contributed by atoms with Crippen molar-refractivity contribution in [2.75, 3.05) is 6.54 Å². The Morgan fingerprint density at radius 1 is 1.28 bits per heavy atom. The summed E-state index contributed by atoms with van der Waals surface area (Å²) in [6.45, 7) is 0.565. The van der Waals surface area contributed by atoms with E-state index in [9.17, 15) is 18.0 Å². The molecule has 1 aromatic heterocycles. The lowest BCUT2D eigenvalue weighted by Gasteiger charge is -2.22. The van der Waals surface area contributed by atoms with Crippen LogP contribution in [0.1, 0.15) is 12.8 Å². The fourth-order valence-electron chi connectivity index (χ4n) is 1.70. The summed E-state index contributed by atoms with van der Waals surface area (Å²) >= 11 is 0. The van der Waals surface area contributed by atoms with Crippen molar-refractivity contribution < 1.29 is 13.2 Å². The minimum absolute atomic E-state index is 0.0690. The van der Waals surface area contributed by atoms with Crippen molar-refractivity contribution in [3.05, 3.63) is 28.7 Å². The second kappa shape index (κ2) is 4.91. The van der Waals surface area contributed by atoms with Crippen LogP contribution in [-0.2, 0) is 14.8 Å². The number of hydrogen-bond donors (Lipinski definition) is 3. The molecule has 2 rings (SSSR count). The van der Waals surface area contributed by atoms with E-state index in [0.29, 0.717) is 13.0 Å². The maximum atomic E-state index is 11.9. The number of piperidine rings is 1. The Morgan fingerprint density at radius 3 is 2.67 bits per heavy atom. The number of hydrogen-bond acceptors (Lipinski definition) is 4. The maximum Gasteiger partial charge on any atom is 0.247 e. The van der Waals surface area contributed by atoms with E-state index >= 15 is 0 Å². The molecule has 8 heteroatoms. The van der Waals surface area contributed by atoms with Crippen LogP contribution >= 0.6 is 0 Å². The molecule has 1 saturated heterocycles. The van der Waals surface area contributed by atoms with Crippen molar-refractivity contribution in [2.45, 2.75) is 23.8 Å². The molecule has 1 unspecified atom stereocenters. The van der Waals surface area contributed by atoms with E-state index in [1.165, 1.54) is 6.07 Å². The van der Waals surface area contributed by atoms with Crippen molar-refractivity contribution in [3.8, 4) is 0 Å². The molecule has 0 bridgehead atoms. The van der Waals surface area contributed by atoms with Crippen molar-refractivity contribution in [3.63, 3.8) is 0 Å². The predicted octanol–water partition coefficient (Wildman–Crippen LogP) is -1.07. The van der Waals surface area contributed by atoms with Gasteiger partial charge in [-0.3, -0.25) is 9.59 Å². The van der Waals surface area contributed by atoms with Gasteiger partial charge in [0.25, 0.3) is 0 Å². The monoisotopic (exact) mass is 271 g/mol. The van der Waals surface area contributed by atoms with Crippen molar-refractivity contribution in [1.29, 1.82) is 0 Å². The molecule has 3 N–H and O–H groups in total. The summed E-state index contributed by atoms with van der Waals surface area (Å²) < 4.78 is 26.2. The van der Waals surface area contributed by atoms with Crippen LogP contribution in [0.4, 0.5) is 0 Å². The molecule has 0 saturated carbocycles. The lowest BCUT2D eigenvalue weighted by atomic mass is 10.1. The average Bonchev–Trinajstić information content (AvgIpc) is 2.32. The number of pyridine rings is 1. The third-order valence-electron chi connectivity index (χ3n) is 2.65. The van der Waals surface area contributed by atoms with Gasteiger partial charge in [0.15, 0.2) is 0 Å². The topological polar surface area (TPSA) is 108 Å². The number of carbonyl (C=O) groups excluding carboxylic acids is 1. The Kier molecular flexibility index (Phi) is 3.48. The first-order chi connectivity index (χ1) is 8.49. The number of carbonyl (C=O) groups is 1. The minimum atomic E-state index is -3.79. The molecule has 0 radical (unpaired) electrons. The predicted molar refractivity (Wildman–Crippen MR) is 63.4 cm³/mol. The van der Waals surface area contributed by atoms with Crippen LogP contribution in [0, 0.1) is 0 Å². The molecule has 2 heterocycles. The standard InChI is InChI=1S/C10H13N3O4S/c14-9-4-3-7(6-12-9)18(16,17)13-8-2-1-5-11-10(8)15/h3-4,6,8,13H,1-2,5H2,(H,11,15)(H,12,14). The Labute approximate surface area is 104 Å². The second-order valence-electron chi connectivity index (χ2n) is 4.00. The number of rotatable bonds is 3. The Hall–Kier alpha value is -1.67. The molecule has 1 atom stereocenters. The van der Waals surface area contributed by atoms with Gasteiger partial charge in [-0.05, 0) is 18.9 Å². The lowest BCUT2D eigenvalue weighted by molar-refractivity contribution is -0.124. The van der Waals surface area contributed by atoms with Crippen LogP contribution in [0.15, 0.2) is 28.0 Å². The molecule has 0 spiro atoms. The molecule has 0 aromatic carbocycles. The van der Waals surface area contributed by atoms with Gasteiger partial charge in [0.05, 0.1) is 4.90 Å².